The maximum absolute atomic E-state index is 10.0. The Labute approximate surface area is 141 Å². The molecule has 0 spiro atoms. The van der Waals surface area contributed by atoms with Gasteiger partial charge in [-0.05, 0) is 42.8 Å². The Hall–Kier alpha value is -1.99. The van der Waals surface area contributed by atoms with E-state index in [-0.39, 0.29) is 17.0 Å². The molecular weight excluding hydrogens is 312 g/mol. The average Bonchev–Trinajstić information content (AvgIpc) is 2.79. The van der Waals surface area contributed by atoms with Gasteiger partial charge in [0.05, 0.1) is 12.1 Å². The standard InChI is InChI=1S/C16H22N4O2S/c1-9(2)11-5-6-13-12(7-11)14(15(21)18-13)19-20-16(23)17-10(3)8-22-4/h5-7,9-10,18,21H,8H2,1-4H3,(H,17,23)/t10-/m1/s1. The van der Waals surface area contributed by atoms with Gasteiger partial charge in [-0.15, -0.1) is 10.2 Å². The number of aromatic amines is 1. The zero-order valence-electron chi connectivity index (χ0n) is 13.8. The molecule has 0 radical (unpaired) electrons. The highest BCUT2D eigenvalue weighted by Gasteiger charge is 2.12. The molecule has 3 N–H and O–H groups in total. The highest BCUT2D eigenvalue weighted by Crippen LogP contribution is 2.36. The van der Waals surface area contributed by atoms with E-state index >= 15 is 0 Å². The summed E-state index contributed by atoms with van der Waals surface area (Å²) < 4.78 is 5.03. The molecule has 0 unspecified atom stereocenters. The van der Waals surface area contributed by atoms with Gasteiger partial charge in [0.15, 0.2) is 5.69 Å². The molecule has 2 rings (SSSR count). The lowest BCUT2D eigenvalue weighted by Gasteiger charge is -2.11. The zero-order chi connectivity index (χ0) is 17.0. The minimum atomic E-state index is -0.0163. The van der Waals surface area contributed by atoms with Gasteiger partial charge in [0.2, 0.25) is 11.0 Å². The molecule has 0 saturated heterocycles. The molecule has 1 aromatic carbocycles. The van der Waals surface area contributed by atoms with Crippen LogP contribution in [0.25, 0.3) is 10.9 Å². The number of H-pyrrole nitrogens is 1. The van der Waals surface area contributed by atoms with Crippen LogP contribution in [-0.4, -0.2) is 35.0 Å². The van der Waals surface area contributed by atoms with E-state index in [4.69, 9.17) is 17.0 Å². The fourth-order valence-electron chi connectivity index (χ4n) is 2.27. The SMILES string of the molecule is COC[C@@H](C)NC(=S)N=Nc1c(O)[nH]c2ccc(C(C)C)cc12. The molecule has 0 amide bonds. The summed E-state index contributed by atoms with van der Waals surface area (Å²) in [5, 5.41) is 22.2. The van der Waals surface area contributed by atoms with Gasteiger partial charge >= 0.3 is 0 Å². The first-order chi connectivity index (χ1) is 10.9. The number of hydrogen-bond acceptors (Lipinski definition) is 4. The Kier molecular flexibility index (Phi) is 5.68. The summed E-state index contributed by atoms with van der Waals surface area (Å²) in [5.74, 6) is 0.372. The van der Waals surface area contributed by atoms with Crippen molar-refractivity contribution in [3.8, 4) is 5.88 Å². The minimum absolute atomic E-state index is 0.0163. The third-order valence-corrected chi connectivity index (χ3v) is 3.67. The fourth-order valence-corrected chi connectivity index (χ4v) is 2.51. The molecule has 124 valence electrons. The van der Waals surface area contributed by atoms with Crippen molar-refractivity contribution in [3.05, 3.63) is 23.8 Å². The first-order valence-corrected chi connectivity index (χ1v) is 7.89. The van der Waals surface area contributed by atoms with Crippen molar-refractivity contribution in [1.82, 2.24) is 10.3 Å². The first-order valence-electron chi connectivity index (χ1n) is 7.48. The summed E-state index contributed by atoms with van der Waals surface area (Å²) >= 11 is 5.13. The monoisotopic (exact) mass is 334 g/mol. The summed E-state index contributed by atoms with van der Waals surface area (Å²) in [6.45, 7) is 6.69. The van der Waals surface area contributed by atoms with E-state index in [9.17, 15) is 5.11 Å². The van der Waals surface area contributed by atoms with E-state index in [0.717, 1.165) is 10.9 Å². The molecule has 0 aliphatic carbocycles. The van der Waals surface area contributed by atoms with Gasteiger partial charge in [-0.1, -0.05) is 19.9 Å². The first kappa shape index (κ1) is 17.4. The van der Waals surface area contributed by atoms with Crippen molar-refractivity contribution >= 4 is 33.9 Å². The van der Waals surface area contributed by atoms with E-state index < -0.39 is 0 Å². The van der Waals surface area contributed by atoms with E-state index in [1.54, 1.807) is 7.11 Å². The minimum Gasteiger partial charge on any atom is -0.493 e. The van der Waals surface area contributed by atoms with Crippen LogP contribution < -0.4 is 5.32 Å². The van der Waals surface area contributed by atoms with Gasteiger partial charge in [0.25, 0.3) is 0 Å². The number of fused-ring (bicyclic) bond motifs is 1. The Morgan fingerprint density at radius 2 is 2.13 bits per heavy atom. The highest BCUT2D eigenvalue weighted by atomic mass is 32.1. The van der Waals surface area contributed by atoms with E-state index in [0.29, 0.717) is 18.2 Å². The van der Waals surface area contributed by atoms with Gasteiger partial charge in [0.1, 0.15) is 0 Å². The Balaban J connectivity index is 2.25. The van der Waals surface area contributed by atoms with E-state index in [2.05, 4.69) is 34.4 Å². The summed E-state index contributed by atoms with van der Waals surface area (Å²) in [4.78, 5) is 2.90. The van der Waals surface area contributed by atoms with Crippen LogP contribution in [0.2, 0.25) is 0 Å². The Bertz CT molecular complexity index is 724. The normalized spacial score (nSPS) is 13.1. The number of hydrogen-bond donors (Lipinski definition) is 3. The van der Waals surface area contributed by atoms with Gasteiger partial charge in [-0.2, -0.15) is 0 Å². The van der Waals surface area contributed by atoms with Crippen molar-refractivity contribution in [2.24, 2.45) is 10.2 Å². The molecule has 0 aliphatic heterocycles. The summed E-state index contributed by atoms with van der Waals surface area (Å²) in [6.07, 6.45) is 0. The molecule has 1 heterocycles. The van der Waals surface area contributed by atoms with Gasteiger partial charge in [-0.25, -0.2) is 0 Å². The van der Waals surface area contributed by atoms with Crippen LogP contribution in [0.5, 0.6) is 5.88 Å². The van der Waals surface area contributed by atoms with Crippen LogP contribution >= 0.6 is 12.2 Å². The van der Waals surface area contributed by atoms with Crippen molar-refractivity contribution in [3.63, 3.8) is 0 Å². The largest absolute Gasteiger partial charge is 0.493 e. The molecule has 0 saturated carbocycles. The number of thiocarbonyl (C=S) groups is 1. The van der Waals surface area contributed by atoms with Gasteiger partial charge in [-0.3, -0.25) is 0 Å². The number of nitrogens with zero attached hydrogens (tertiary/aromatic N) is 2. The van der Waals surface area contributed by atoms with Crippen molar-refractivity contribution in [2.45, 2.75) is 32.7 Å². The molecule has 7 heteroatoms. The second-order valence-corrected chi connectivity index (χ2v) is 6.17. The van der Waals surface area contributed by atoms with Crippen molar-refractivity contribution < 1.29 is 9.84 Å². The Morgan fingerprint density at radius 3 is 2.78 bits per heavy atom. The molecule has 1 atom stereocenters. The second-order valence-electron chi connectivity index (χ2n) is 5.79. The fraction of sp³-hybridized carbons (Fsp3) is 0.438. The smallest absolute Gasteiger partial charge is 0.218 e. The summed E-state index contributed by atoms with van der Waals surface area (Å²) in [5.41, 5.74) is 2.38. The lowest BCUT2D eigenvalue weighted by atomic mass is 10.0. The third kappa shape index (κ3) is 4.27. The summed E-state index contributed by atoms with van der Waals surface area (Å²) in [7, 11) is 1.62. The Morgan fingerprint density at radius 1 is 1.39 bits per heavy atom. The number of aromatic nitrogens is 1. The number of ether oxygens (including phenoxy) is 1. The molecule has 2 aromatic rings. The topological polar surface area (TPSA) is 82.0 Å². The predicted octanol–water partition coefficient (Wildman–Crippen LogP) is 3.99. The van der Waals surface area contributed by atoms with Crippen molar-refractivity contribution in [2.75, 3.05) is 13.7 Å². The highest BCUT2D eigenvalue weighted by molar-refractivity contribution is 7.80. The lowest BCUT2D eigenvalue weighted by molar-refractivity contribution is 0.179. The number of aromatic hydroxyl groups is 1. The molecule has 0 aliphatic rings. The maximum atomic E-state index is 10.0. The van der Waals surface area contributed by atoms with Crippen LogP contribution in [0.3, 0.4) is 0 Å². The van der Waals surface area contributed by atoms with Crippen LogP contribution in [0.1, 0.15) is 32.3 Å². The molecular formula is C16H22N4O2S. The summed E-state index contributed by atoms with van der Waals surface area (Å²) in [6, 6.07) is 6.01. The van der Waals surface area contributed by atoms with E-state index in [1.165, 1.54) is 5.56 Å². The van der Waals surface area contributed by atoms with Crippen LogP contribution in [-0.2, 0) is 4.74 Å². The lowest BCUT2D eigenvalue weighted by Crippen LogP contribution is -2.33. The van der Waals surface area contributed by atoms with Gasteiger partial charge in [0, 0.05) is 18.5 Å². The number of rotatable bonds is 5. The van der Waals surface area contributed by atoms with Crippen LogP contribution in [0.4, 0.5) is 5.69 Å². The molecule has 23 heavy (non-hydrogen) atoms. The molecule has 6 nitrogen and oxygen atoms in total. The van der Waals surface area contributed by atoms with Crippen LogP contribution in [0, 0.1) is 0 Å². The molecule has 0 fully saturated rings. The number of azo groups is 1. The number of methoxy groups -OCH3 is 1. The van der Waals surface area contributed by atoms with Gasteiger partial charge < -0.3 is 20.1 Å². The number of benzene rings is 1. The van der Waals surface area contributed by atoms with E-state index in [1.807, 2.05) is 25.1 Å². The van der Waals surface area contributed by atoms with Crippen molar-refractivity contribution in [1.29, 1.82) is 0 Å². The molecule has 0 bridgehead atoms. The average molecular weight is 334 g/mol. The quantitative estimate of drug-likeness (QED) is 0.570. The van der Waals surface area contributed by atoms with Crippen LogP contribution in [0.15, 0.2) is 28.4 Å². The third-order valence-electron chi connectivity index (χ3n) is 3.47. The predicted molar refractivity (Wildman–Crippen MR) is 95.6 cm³/mol. The zero-order valence-corrected chi connectivity index (χ0v) is 14.6. The maximum Gasteiger partial charge on any atom is 0.218 e. The second kappa shape index (κ2) is 7.52. The molecule has 1 aromatic heterocycles. The number of nitrogens with one attached hydrogen (secondary N) is 2.